The average molecular weight is 337 g/mol. The Morgan fingerprint density at radius 2 is 1.70 bits per heavy atom. The molecule has 0 aliphatic rings. The van der Waals surface area contributed by atoms with Gasteiger partial charge in [-0.1, -0.05) is 17.7 Å². The number of esters is 1. The number of carbonyl (C=O) groups excluding carboxylic acids is 1. The van der Waals surface area contributed by atoms with E-state index < -0.39 is 21.5 Å². The van der Waals surface area contributed by atoms with Crippen molar-refractivity contribution in [1.29, 1.82) is 0 Å². The van der Waals surface area contributed by atoms with Crippen molar-refractivity contribution in [3.63, 3.8) is 0 Å². The second kappa shape index (κ2) is 6.41. The van der Waals surface area contributed by atoms with Gasteiger partial charge in [0.25, 0.3) is 5.69 Å². The highest BCUT2D eigenvalue weighted by Gasteiger charge is 2.21. The summed E-state index contributed by atoms with van der Waals surface area (Å²) in [4.78, 5) is 32.4. The maximum Gasteiger partial charge on any atom is 0.344 e. The third-order valence-corrected chi connectivity index (χ3v) is 3.21. The number of nitro benzene ring substituents is 2. The lowest BCUT2D eigenvalue weighted by molar-refractivity contribution is -0.385. The second-order valence-electron chi connectivity index (χ2n) is 4.54. The Hall–Kier alpha value is -3.00. The Morgan fingerprint density at radius 1 is 1.04 bits per heavy atom. The predicted octanol–water partition coefficient (Wildman–Crippen LogP) is 3.68. The molecule has 9 heteroatoms. The van der Waals surface area contributed by atoms with Crippen LogP contribution in [0.2, 0.25) is 5.02 Å². The highest BCUT2D eigenvalue weighted by molar-refractivity contribution is 6.32. The Bertz CT molecular complexity index is 821. The van der Waals surface area contributed by atoms with Crippen LogP contribution < -0.4 is 4.74 Å². The van der Waals surface area contributed by atoms with E-state index in [1.54, 1.807) is 6.92 Å². The van der Waals surface area contributed by atoms with Crippen molar-refractivity contribution in [3.8, 4) is 5.75 Å². The molecule has 0 N–H and O–H groups in total. The van der Waals surface area contributed by atoms with E-state index in [4.69, 9.17) is 16.3 Å². The van der Waals surface area contributed by atoms with E-state index in [1.165, 1.54) is 30.3 Å². The fourth-order valence-corrected chi connectivity index (χ4v) is 1.98. The van der Waals surface area contributed by atoms with Crippen LogP contribution in [0.25, 0.3) is 0 Å². The minimum Gasteiger partial charge on any atom is -0.416 e. The zero-order valence-corrected chi connectivity index (χ0v) is 12.4. The van der Waals surface area contributed by atoms with Gasteiger partial charge in [-0.2, -0.15) is 0 Å². The Labute approximate surface area is 134 Å². The zero-order valence-electron chi connectivity index (χ0n) is 11.7. The first-order valence-electron chi connectivity index (χ1n) is 6.20. The number of benzene rings is 2. The summed E-state index contributed by atoms with van der Waals surface area (Å²) in [6.07, 6.45) is 0. The number of hydrogen-bond donors (Lipinski definition) is 0. The van der Waals surface area contributed by atoms with E-state index in [1.807, 2.05) is 0 Å². The number of halogens is 1. The molecule has 0 saturated heterocycles. The van der Waals surface area contributed by atoms with Crippen molar-refractivity contribution < 1.29 is 19.4 Å². The monoisotopic (exact) mass is 336 g/mol. The van der Waals surface area contributed by atoms with Crippen LogP contribution in [0.1, 0.15) is 15.9 Å². The fraction of sp³-hybridized carbons (Fsp3) is 0.0714. The molecule has 23 heavy (non-hydrogen) atoms. The van der Waals surface area contributed by atoms with Gasteiger partial charge in [0.1, 0.15) is 5.02 Å². The fourth-order valence-electron chi connectivity index (χ4n) is 1.79. The predicted molar refractivity (Wildman–Crippen MR) is 80.9 cm³/mol. The van der Waals surface area contributed by atoms with Gasteiger partial charge < -0.3 is 4.74 Å². The average Bonchev–Trinajstić information content (AvgIpc) is 2.46. The molecule has 2 aromatic carbocycles. The largest absolute Gasteiger partial charge is 0.416 e. The summed E-state index contributed by atoms with van der Waals surface area (Å²) in [5.41, 5.74) is -0.329. The van der Waals surface area contributed by atoms with Crippen molar-refractivity contribution in [3.05, 3.63) is 72.8 Å². The highest BCUT2D eigenvalue weighted by Crippen LogP contribution is 2.30. The molecule has 0 bridgehead atoms. The number of ether oxygens (including phenoxy) is 1. The summed E-state index contributed by atoms with van der Waals surface area (Å²) in [7, 11) is 0. The van der Waals surface area contributed by atoms with E-state index in [0.717, 1.165) is 6.07 Å². The maximum atomic E-state index is 12.1. The maximum absolute atomic E-state index is 12.1. The molecule has 0 aliphatic heterocycles. The molecular weight excluding hydrogens is 328 g/mol. The summed E-state index contributed by atoms with van der Waals surface area (Å²) in [5.74, 6) is -1.20. The van der Waals surface area contributed by atoms with Crippen molar-refractivity contribution in [2.75, 3.05) is 0 Å². The van der Waals surface area contributed by atoms with Gasteiger partial charge in [0, 0.05) is 12.1 Å². The molecule has 0 spiro atoms. The van der Waals surface area contributed by atoms with Gasteiger partial charge in [-0.25, -0.2) is 4.79 Å². The lowest BCUT2D eigenvalue weighted by Gasteiger charge is -2.06. The summed E-state index contributed by atoms with van der Waals surface area (Å²) >= 11 is 5.66. The van der Waals surface area contributed by atoms with E-state index in [-0.39, 0.29) is 22.0 Å². The third-order valence-electron chi connectivity index (χ3n) is 2.89. The minimum atomic E-state index is -0.960. The molecule has 0 atom stereocenters. The van der Waals surface area contributed by atoms with Crippen LogP contribution in [0, 0.1) is 27.2 Å². The summed E-state index contributed by atoms with van der Waals surface area (Å²) < 4.78 is 5.00. The number of carbonyl (C=O) groups is 1. The Balaban J connectivity index is 2.37. The molecule has 2 aromatic rings. The van der Waals surface area contributed by atoms with Gasteiger partial charge in [0.05, 0.1) is 15.4 Å². The Morgan fingerprint density at radius 3 is 2.30 bits per heavy atom. The number of hydrogen-bond acceptors (Lipinski definition) is 6. The standard InChI is InChI=1S/C14H9ClN2O6/c1-8-2-5-11(16(19)20)13(6-8)23-14(18)9-3-4-10(15)12(7-9)17(21)22/h2-7H,1H3. The zero-order chi connectivity index (χ0) is 17.1. The first kappa shape index (κ1) is 16.4. The second-order valence-corrected chi connectivity index (χ2v) is 4.95. The number of nitrogens with zero attached hydrogens (tertiary/aromatic N) is 2. The third kappa shape index (κ3) is 3.61. The molecular formula is C14H9ClN2O6. The molecule has 0 saturated carbocycles. The van der Waals surface area contributed by atoms with Gasteiger partial charge in [0.2, 0.25) is 5.75 Å². The normalized spacial score (nSPS) is 10.2. The van der Waals surface area contributed by atoms with Crippen LogP contribution in [-0.2, 0) is 0 Å². The molecule has 8 nitrogen and oxygen atoms in total. The van der Waals surface area contributed by atoms with Gasteiger partial charge in [-0.3, -0.25) is 20.2 Å². The molecule has 0 radical (unpaired) electrons. The Kier molecular flexibility index (Phi) is 4.56. The number of nitro groups is 2. The van der Waals surface area contributed by atoms with E-state index >= 15 is 0 Å². The molecule has 2 rings (SSSR count). The van der Waals surface area contributed by atoms with Crippen LogP contribution >= 0.6 is 11.6 Å². The van der Waals surface area contributed by atoms with Crippen molar-refractivity contribution in [1.82, 2.24) is 0 Å². The van der Waals surface area contributed by atoms with Crippen LogP contribution in [0.3, 0.4) is 0 Å². The van der Waals surface area contributed by atoms with Crippen molar-refractivity contribution >= 4 is 28.9 Å². The highest BCUT2D eigenvalue weighted by atomic mass is 35.5. The van der Waals surface area contributed by atoms with Gasteiger partial charge in [-0.15, -0.1) is 0 Å². The lowest BCUT2D eigenvalue weighted by Crippen LogP contribution is -2.10. The van der Waals surface area contributed by atoms with E-state index in [9.17, 15) is 25.0 Å². The molecule has 0 heterocycles. The molecule has 0 unspecified atom stereocenters. The van der Waals surface area contributed by atoms with E-state index in [2.05, 4.69) is 0 Å². The lowest BCUT2D eigenvalue weighted by atomic mass is 10.2. The number of aryl methyl sites for hydroxylation is 1. The molecule has 0 aromatic heterocycles. The molecule has 0 fully saturated rings. The van der Waals surface area contributed by atoms with Crippen LogP contribution in [-0.4, -0.2) is 15.8 Å². The van der Waals surface area contributed by atoms with Crippen LogP contribution in [0.15, 0.2) is 36.4 Å². The smallest absolute Gasteiger partial charge is 0.344 e. The van der Waals surface area contributed by atoms with Crippen molar-refractivity contribution in [2.24, 2.45) is 0 Å². The molecule has 0 amide bonds. The van der Waals surface area contributed by atoms with E-state index in [0.29, 0.717) is 5.56 Å². The summed E-state index contributed by atoms with van der Waals surface area (Å²) in [6, 6.07) is 7.41. The topological polar surface area (TPSA) is 113 Å². The van der Waals surface area contributed by atoms with Crippen LogP contribution in [0.5, 0.6) is 5.75 Å². The van der Waals surface area contributed by atoms with Gasteiger partial charge in [-0.05, 0) is 30.7 Å². The first-order valence-corrected chi connectivity index (χ1v) is 6.58. The van der Waals surface area contributed by atoms with Crippen molar-refractivity contribution in [2.45, 2.75) is 6.92 Å². The number of rotatable bonds is 4. The minimum absolute atomic E-state index is 0.131. The first-order chi connectivity index (χ1) is 10.8. The van der Waals surface area contributed by atoms with Gasteiger partial charge in [0.15, 0.2) is 0 Å². The summed E-state index contributed by atoms with van der Waals surface area (Å²) in [5, 5.41) is 21.6. The van der Waals surface area contributed by atoms with Gasteiger partial charge >= 0.3 is 11.7 Å². The van der Waals surface area contributed by atoms with Crippen LogP contribution in [0.4, 0.5) is 11.4 Å². The molecule has 118 valence electrons. The quantitative estimate of drug-likeness (QED) is 0.364. The molecule has 0 aliphatic carbocycles. The summed E-state index contributed by atoms with van der Waals surface area (Å²) in [6.45, 7) is 1.67. The SMILES string of the molecule is Cc1ccc([N+](=O)[O-])c(OC(=O)c2ccc(Cl)c([N+](=O)[O-])c2)c1.